The van der Waals surface area contributed by atoms with Gasteiger partial charge in [-0.15, -0.1) is 0 Å². The molecule has 1 aromatic carbocycles. The molecule has 108 valence electrons. The molecule has 1 aliphatic rings. The fraction of sp³-hybridized carbons (Fsp3) is 0.429. The van der Waals surface area contributed by atoms with Crippen molar-refractivity contribution in [2.75, 3.05) is 31.6 Å². The summed E-state index contributed by atoms with van der Waals surface area (Å²) in [7, 11) is 1.62. The predicted octanol–water partition coefficient (Wildman–Crippen LogP) is 1.58. The Morgan fingerprint density at radius 2 is 2.00 bits per heavy atom. The molecule has 0 aliphatic carbocycles. The van der Waals surface area contributed by atoms with Crippen molar-refractivity contribution in [1.29, 1.82) is 0 Å². The summed E-state index contributed by atoms with van der Waals surface area (Å²) < 4.78 is 13.9. The van der Waals surface area contributed by atoms with Crippen molar-refractivity contribution < 1.29 is 19.1 Å². The summed E-state index contributed by atoms with van der Waals surface area (Å²) in [5.41, 5.74) is 0.119. The first-order valence-corrected chi connectivity index (χ1v) is 6.51. The smallest absolute Gasteiger partial charge is 0.335 e. The molecule has 2 rings (SSSR count). The Hall–Kier alpha value is -2.11. The average molecular weight is 280 g/mol. The minimum atomic E-state index is -1.17. The van der Waals surface area contributed by atoms with E-state index in [1.165, 1.54) is 17.0 Å². The highest BCUT2D eigenvalue weighted by atomic mass is 19.1. The lowest BCUT2D eigenvalue weighted by atomic mass is 10.2. The van der Waals surface area contributed by atoms with Crippen molar-refractivity contribution >= 4 is 17.6 Å². The molecule has 0 aromatic heterocycles. The lowest BCUT2D eigenvalue weighted by molar-refractivity contribution is -0.128. The number of nitrogens with zero attached hydrogens (tertiary/aromatic N) is 2. The van der Waals surface area contributed by atoms with Crippen molar-refractivity contribution in [3.8, 4) is 0 Å². The molecule has 1 saturated heterocycles. The van der Waals surface area contributed by atoms with Crippen molar-refractivity contribution in [3.63, 3.8) is 0 Å². The van der Waals surface area contributed by atoms with Crippen LogP contribution in [0, 0.1) is 5.82 Å². The fourth-order valence-electron chi connectivity index (χ4n) is 2.30. The van der Waals surface area contributed by atoms with Gasteiger partial charge < -0.3 is 14.9 Å². The topological polar surface area (TPSA) is 60.9 Å². The lowest BCUT2D eigenvalue weighted by Gasteiger charge is -2.23. The maximum atomic E-state index is 13.9. The fourth-order valence-corrected chi connectivity index (χ4v) is 2.30. The van der Waals surface area contributed by atoms with E-state index in [0.29, 0.717) is 0 Å². The molecule has 1 aromatic rings. The van der Waals surface area contributed by atoms with Crippen LogP contribution in [0.2, 0.25) is 0 Å². The summed E-state index contributed by atoms with van der Waals surface area (Å²) in [4.78, 5) is 26.0. The molecule has 0 bridgehead atoms. The second-order valence-corrected chi connectivity index (χ2v) is 4.92. The van der Waals surface area contributed by atoms with Gasteiger partial charge >= 0.3 is 5.97 Å². The van der Waals surface area contributed by atoms with E-state index < -0.39 is 11.8 Å². The molecule has 0 spiro atoms. The number of carbonyl (C=O) groups excluding carboxylic acids is 1. The van der Waals surface area contributed by atoms with Crippen LogP contribution in [0.4, 0.5) is 10.1 Å². The number of benzene rings is 1. The van der Waals surface area contributed by atoms with Gasteiger partial charge in [0, 0.05) is 20.1 Å². The predicted molar refractivity (Wildman–Crippen MR) is 72.4 cm³/mol. The quantitative estimate of drug-likeness (QED) is 0.909. The Kier molecular flexibility index (Phi) is 4.22. The molecular formula is C14H17FN2O3. The standard InChI is InChI=1S/C14H17FN2O3/c1-16(9-13(18)17-6-2-3-7-17)12-5-4-10(14(19)20)8-11(12)15/h4-5,8H,2-3,6-7,9H2,1H3,(H,19,20). The number of carboxylic acids is 1. The normalized spacial score (nSPS) is 14.4. The van der Waals surface area contributed by atoms with Gasteiger partial charge in [-0.25, -0.2) is 9.18 Å². The molecule has 0 unspecified atom stereocenters. The molecule has 20 heavy (non-hydrogen) atoms. The summed E-state index contributed by atoms with van der Waals surface area (Å²) in [6.07, 6.45) is 2.02. The Labute approximate surface area is 116 Å². The monoisotopic (exact) mass is 280 g/mol. The third-order valence-corrected chi connectivity index (χ3v) is 3.44. The zero-order chi connectivity index (χ0) is 14.7. The van der Waals surface area contributed by atoms with Crippen LogP contribution in [-0.4, -0.2) is 48.6 Å². The maximum absolute atomic E-state index is 13.9. The van der Waals surface area contributed by atoms with Gasteiger partial charge in [-0.2, -0.15) is 0 Å². The first-order chi connectivity index (χ1) is 9.49. The van der Waals surface area contributed by atoms with Gasteiger partial charge in [0.1, 0.15) is 5.82 Å². The zero-order valence-electron chi connectivity index (χ0n) is 11.3. The second kappa shape index (κ2) is 5.90. The number of amides is 1. The van der Waals surface area contributed by atoms with E-state index in [-0.39, 0.29) is 23.7 Å². The van der Waals surface area contributed by atoms with Crippen LogP contribution < -0.4 is 4.90 Å². The van der Waals surface area contributed by atoms with Crippen LogP contribution in [0.25, 0.3) is 0 Å². The number of halogens is 1. The molecule has 1 N–H and O–H groups in total. The highest BCUT2D eigenvalue weighted by molar-refractivity contribution is 5.88. The summed E-state index contributed by atoms with van der Waals surface area (Å²) in [6, 6.07) is 3.68. The average Bonchev–Trinajstić information content (AvgIpc) is 2.92. The number of aromatic carboxylic acids is 1. The summed E-state index contributed by atoms with van der Waals surface area (Å²) in [5, 5.41) is 8.79. The van der Waals surface area contributed by atoms with Crippen molar-refractivity contribution in [2.24, 2.45) is 0 Å². The third-order valence-electron chi connectivity index (χ3n) is 3.44. The van der Waals surface area contributed by atoms with Gasteiger partial charge in [-0.1, -0.05) is 0 Å². The number of hydrogen-bond donors (Lipinski definition) is 1. The number of rotatable bonds is 4. The van der Waals surface area contributed by atoms with Crippen molar-refractivity contribution in [2.45, 2.75) is 12.8 Å². The molecule has 1 heterocycles. The number of carbonyl (C=O) groups is 2. The van der Waals surface area contributed by atoms with Gasteiger partial charge in [0.15, 0.2) is 0 Å². The van der Waals surface area contributed by atoms with E-state index in [9.17, 15) is 14.0 Å². The first-order valence-electron chi connectivity index (χ1n) is 6.51. The molecule has 1 aliphatic heterocycles. The first kappa shape index (κ1) is 14.3. The lowest BCUT2D eigenvalue weighted by Crippen LogP contribution is -2.37. The van der Waals surface area contributed by atoms with Crippen LogP contribution in [-0.2, 0) is 4.79 Å². The molecule has 0 atom stereocenters. The number of anilines is 1. The van der Waals surface area contributed by atoms with Crippen LogP contribution in [0.15, 0.2) is 18.2 Å². The molecule has 1 fully saturated rings. The van der Waals surface area contributed by atoms with Crippen LogP contribution >= 0.6 is 0 Å². The van der Waals surface area contributed by atoms with Gasteiger partial charge in [0.05, 0.1) is 17.8 Å². The number of carboxylic acid groups (broad SMARTS) is 1. The summed E-state index contributed by atoms with van der Waals surface area (Å²) >= 11 is 0. The summed E-state index contributed by atoms with van der Waals surface area (Å²) in [6.45, 7) is 1.60. The third kappa shape index (κ3) is 3.07. The largest absolute Gasteiger partial charge is 0.478 e. The maximum Gasteiger partial charge on any atom is 0.335 e. The minimum Gasteiger partial charge on any atom is -0.478 e. The summed E-state index contributed by atoms with van der Waals surface area (Å²) in [5.74, 6) is -1.85. The molecule has 5 nitrogen and oxygen atoms in total. The van der Waals surface area contributed by atoms with Crippen LogP contribution in [0.1, 0.15) is 23.2 Å². The molecular weight excluding hydrogens is 263 g/mol. The minimum absolute atomic E-state index is 0.0355. The van der Waals surface area contributed by atoms with Crippen molar-refractivity contribution in [3.05, 3.63) is 29.6 Å². The van der Waals surface area contributed by atoms with Crippen LogP contribution in [0.5, 0.6) is 0 Å². The number of likely N-dealkylation sites (N-methyl/N-ethyl adjacent to an activating group) is 1. The highest BCUT2D eigenvalue weighted by Gasteiger charge is 2.20. The van der Waals surface area contributed by atoms with Crippen LogP contribution in [0.3, 0.4) is 0 Å². The van der Waals surface area contributed by atoms with Gasteiger partial charge in [0.25, 0.3) is 0 Å². The molecule has 6 heteroatoms. The van der Waals surface area contributed by atoms with E-state index in [2.05, 4.69) is 0 Å². The second-order valence-electron chi connectivity index (χ2n) is 4.92. The van der Waals surface area contributed by atoms with E-state index in [4.69, 9.17) is 5.11 Å². The van der Waals surface area contributed by atoms with E-state index in [1.54, 1.807) is 11.9 Å². The van der Waals surface area contributed by atoms with Gasteiger partial charge in [0.2, 0.25) is 5.91 Å². The van der Waals surface area contributed by atoms with Gasteiger partial charge in [-0.05, 0) is 31.0 Å². The Morgan fingerprint density at radius 1 is 1.35 bits per heavy atom. The molecule has 0 saturated carbocycles. The number of likely N-dealkylation sites (tertiary alicyclic amines) is 1. The zero-order valence-corrected chi connectivity index (χ0v) is 11.3. The number of hydrogen-bond acceptors (Lipinski definition) is 3. The van der Waals surface area contributed by atoms with Crippen molar-refractivity contribution in [1.82, 2.24) is 4.90 Å². The van der Waals surface area contributed by atoms with E-state index >= 15 is 0 Å². The SMILES string of the molecule is CN(CC(=O)N1CCCC1)c1ccc(C(=O)O)cc1F. The van der Waals surface area contributed by atoms with Gasteiger partial charge in [-0.3, -0.25) is 4.79 Å². The Bertz CT molecular complexity index is 527. The molecule has 0 radical (unpaired) electrons. The van der Waals surface area contributed by atoms with E-state index in [1.807, 2.05) is 0 Å². The molecule has 1 amide bonds. The van der Waals surface area contributed by atoms with E-state index in [0.717, 1.165) is 32.0 Å². The Balaban J connectivity index is 2.06. The highest BCUT2D eigenvalue weighted by Crippen LogP contribution is 2.20. The Morgan fingerprint density at radius 3 is 2.55 bits per heavy atom.